The van der Waals surface area contributed by atoms with Gasteiger partial charge in [-0.05, 0) is 69.4 Å². The number of aliphatic hydroxyl groups is 1. The lowest BCUT2D eigenvalue weighted by Gasteiger charge is -2.52. The molecular weight excluding hydrogens is 446 g/mol. The summed E-state index contributed by atoms with van der Waals surface area (Å²) in [6.07, 6.45) is 11.5. The van der Waals surface area contributed by atoms with Crippen LogP contribution in [0.25, 0.3) is 0 Å². The molecule has 4 nitrogen and oxygen atoms in total. The zero-order chi connectivity index (χ0) is 26.3. The van der Waals surface area contributed by atoms with Crippen LogP contribution in [0.4, 0.5) is 0 Å². The van der Waals surface area contributed by atoms with E-state index < -0.39 is 11.6 Å². The van der Waals surface area contributed by atoms with Gasteiger partial charge in [-0.25, -0.2) is 0 Å². The summed E-state index contributed by atoms with van der Waals surface area (Å²) in [6, 6.07) is 9.54. The largest absolute Gasteiger partial charge is 0.367 e. The highest BCUT2D eigenvalue weighted by Gasteiger charge is 2.52. The minimum absolute atomic E-state index is 0.0598. The molecule has 1 aliphatic heterocycles. The Labute approximate surface area is 216 Å². The van der Waals surface area contributed by atoms with Crippen molar-refractivity contribution in [3.05, 3.63) is 82.5 Å². The van der Waals surface area contributed by atoms with E-state index in [-0.39, 0.29) is 40.9 Å². The lowest BCUT2D eigenvalue weighted by molar-refractivity contribution is -0.129. The highest BCUT2D eigenvalue weighted by molar-refractivity contribution is 6.22. The zero-order valence-electron chi connectivity index (χ0n) is 22.6. The van der Waals surface area contributed by atoms with E-state index in [0.717, 1.165) is 36.0 Å². The number of carbonyl (C=O) groups is 2. The van der Waals surface area contributed by atoms with Crippen molar-refractivity contribution >= 4 is 11.7 Å². The van der Waals surface area contributed by atoms with Crippen molar-refractivity contribution in [2.24, 2.45) is 29.1 Å². The minimum Gasteiger partial charge on any atom is -0.367 e. The van der Waals surface area contributed by atoms with Crippen molar-refractivity contribution in [1.82, 2.24) is 5.32 Å². The lowest BCUT2D eigenvalue weighted by atomic mass is 9.52. The Morgan fingerprint density at radius 3 is 2.53 bits per heavy atom. The molecule has 1 fully saturated rings. The quantitative estimate of drug-likeness (QED) is 0.290. The second-order valence-electron chi connectivity index (χ2n) is 11.8. The maximum absolute atomic E-state index is 14.3. The molecule has 2 N–H and O–H groups in total. The number of carbonyl (C=O) groups excluding carboxylic acids is 2. The summed E-state index contributed by atoms with van der Waals surface area (Å²) in [5.74, 6) is -0.234. The van der Waals surface area contributed by atoms with Gasteiger partial charge in [0.2, 0.25) is 0 Å². The monoisotopic (exact) mass is 487 g/mol. The molecule has 1 heterocycles. The van der Waals surface area contributed by atoms with Gasteiger partial charge in [-0.2, -0.15) is 0 Å². The van der Waals surface area contributed by atoms with E-state index in [0.29, 0.717) is 5.92 Å². The normalized spacial score (nSPS) is 35.0. The molecule has 1 amide bonds. The first-order valence-corrected chi connectivity index (χ1v) is 13.3. The van der Waals surface area contributed by atoms with Crippen LogP contribution in [0.2, 0.25) is 0 Å². The molecule has 3 aliphatic rings. The Bertz CT molecular complexity index is 1160. The topological polar surface area (TPSA) is 66.4 Å². The van der Waals surface area contributed by atoms with Crippen LogP contribution in [-0.4, -0.2) is 22.5 Å². The van der Waals surface area contributed by atoms with Gasteiger partial charge in [0.15, 0.2) is 11.5 Å². The Hall–Kier alpha value is -2.72. The fourth-order valence-electron chi connectivity index (χ4n) is 7.16. The summed E-state index contributed by atoms with van der Waals surface area (Å²) >= 11 is 0. The zero-order valence-corrected chi connectivity index (χ0v) is 22.6. The molecule has 1 saturated carbocycles. The molecule has 4 rings (SSSR count). The second kappa shape index (κ2) is 9.97. The molecule has 0 spiro atoms. The maximum Gasteiger partial charge on any atom is 0.257 e. The number of ketones is 1. The summed E-state index contributed by atoms with van der Waals surface area (Å²) in [6.45, 7) is 12.9. The number of hydrogen-bond acceptors (Lipinski definition) is 3. The third kappa shape index (κ3) is 5.06. The molecule has 1 aromatic carbocycles. The molecule has 36 heavy (non-hydrogen) atoms. The van der Waals surface area contributed by atoms with E-state index in [1.165, 1.54) is 11.6 Å². The fraction of sp³-hybridized carbons (Fsp3) is 0.500. The minimum atomic E-state index is -1.56. The molecular formula is C32H41NO3. The van der Waals surface area contributed by atoms with Gasteiger partial charge >= 0.3 is 0 Å². The molecule has 192 valence electrons. The van der Waals surface area contributed by atoms with Gasteiger partial charge < -0.3 is 10.4 Å². The molecule has 6 atom stereocenters. The van der Waals surface area contributed by atoms with Crippen molar-refractivity contribution in [3.8, 4) is 0 Å². The molecule has 1 aromatic rings. The van der Waals surface area contributed by atoms with Crippen LogP contribution < -0.4 is 5.32 Å². The van der Waals surface area contributed by atoms with Gasteiger partial charge in [0.1, 0.15) is 0 Å². The number of Topliss-reactive ketones (excluding diaryl/α,β-unsaturated/α-hetero) is 1. The Kier molecular flexibility index (Phi) is 7.30. The Morgan fingerprint density at radius 1 is 1.17 bits per heavy atom. The van der Waals surface area contributed by atoms with Crippen molar-refractivity contribution in [2.75, 3.05) is 0 Å². The van der Waals surface area contributed by atoms with Crippen LogP contribution in [-0.2, 0) is 16.0 Å². The molecule has 0 aromatic heterocycles. The number of allylic oxidation sites excluding steroid dienone is 6. The van der Waals surface area contributed by atoms with E-state index in [1.54, 1.807) is 0 Å². The van der Waals surface area contributed by atoms with Gasteiger partial charge in [-0.3, -0.25) is 9.59 Å². The van der Waals surface area contributed by atoms with Crippen LogP contribution in [0.5, 0.6) is 0 Å². The van der Waals surface area contributed by atoms with E-state index in [1.807, 2.05) is 37.3 Å². The van der Waals surface area contributed by atoms with Crippen LogP contribution in [0.1, 0.15) is 66.4 Å². The number of benzene rings is 1. The number of amides is 1. The standard InChI is InChI=1S/C32H41NO3/c1-7-20(2)15-22(4)27-23(5)17-31(6)16-21(3)13-14-26(31)28(27)29(34)25-19-32(36,33-30(25)35)18-24-11-9-8-10-12-24/h7-12,15,17,19,21,26-28,36H,13-14,16,18H2,1-6H3,(H,33,35). The predicted molar refractivity (Wildman–Crippen MR) is 145 cm³/mol. The number of hydrogen-bond donors (Lipinski definition) is 2. The molecule has 2 aliphatic carbocycles. The van der Waals surface area contributed by atoms with Crippen LogP contribution >= 0.6 is 0 Å². The van der Waals surface area contributed by atoms with Crippen LogP contribution in [0.3, 0.4) is 0 Å². The Morgan fingerprint density at radius 2 is 1.86 bits per heavy atom. The maximum atomic E-state index is 14.3. The van der Waals surface area contributed by atoms with E-state index in [4.69, 9.17) is 0 Å². The second-order valence-corrected chi connectivity index (χ2v) is 11.8. The number of nitrogens with one attached hydrogen (secondary N) is 1. The summed E-state index contributed by atoms with van der Waals surface area (Å²) in [7, 11) is 0. The summed E-state index contributed by atoms with van der Waals surface area (Å²) in [5.41, 5.74) is 2.88. The summed E-state index contributed by atoms with van der Waals surface area (Å²) in [5, 5.41) is 13.9. The fourth-order valence-corrected chi connectivity index (χ4v) is 7.16. The first-order chi connectivity index (χ1) is 17.0. The summed E-state index contributed by atoms with van der Waals surface area (Å²) < 4.78 is 0. The van der Waals surface area contributed by atoms with Crippen molar-refractivity contribution in [2.45, 2.75) is 73.0 Å². The molecule has 4 heteroatoms. The van der Waals surface area contributed by atoms with Gasteiger partial charge in [-0.1, -0.05) is 85.5 Å². The summed E-state index contributed by atoms with van der Waals surface area (Å²) in [4.78, 5) is 27.5. The predicted octanol–water partition coefficient (Wildman–Crippen LogP) is 6.09. The van der Waals surface area contributed by atoms with Crippen molar-refractivity contribution in [1.29, 1.82) is 0 Å². The van der Waals surface area contributed by atoms with E-state index in [9.17, 15) is 14.7 Å². The lowest BCUT2D eigenvalue weighted by Crippen LogP contribution is -2.48. The van der Waals surface area contributed by atoms with Gasteiger partial charge in [0.25, 0.3) is 5.91 Å². The SMILES string of the molecule is CC=C(C)C=C(C)C1C(C)=CC2(C)CC(C)CCC2C1C(=O)C1=CC(O)(Cc2ccccc2)NC1=O. The van der Waals surface area contributed by atoms with Crippen molar-refractivity contribution < 1.29 is 14.7 Å². The van der Waals surface area contributed by atoms with Crippen molar-refractivity contribution in [3.63, 3.8) is 0 Å². The highest BCUT2D eigenvalue weighted by Crippen LogP contribution is 2.56. The molecule has 0 saturated heterocycles. The first kappa shape index (κ1) is 26.3. The molecule has 0 bridgehead atoms. The van der Waals surface area contributed by atoms with Gasteiger partial charge in [0.05, 0.1) is 5.57 Å². The molecule has 6 unspecified atom stereocenters. The number of fused-ring (bicyclic) bond motifs is 1. The average molecular weight is 488 g/mol. The van der Waals surface area contributed by atoms with E-state index >= 15 is 0 Å². The first-order valence-electron chi connectivity index (χ1n) is 13.3. The third-order valence-corrected chi connectivity index (χ3v) is 8.69. The van der Waals surface area contributed by atoms with Crippen LogP contribution in [0, 0.1) is 29.1 Å². The Balaban J connectivity index is 1.76. The number of rotatable bonds is 6. The van der Waals surface area contributed by atoms with Gasteiger partial charge in [0, 0.05) is 18.3 Å². The van der Waals surface area contributed by atoms with Crippen LogP contribution in [0.15, 0.2) is 76.9 Å². The average Bonchev–Trinajstić information content (AvgIpc) is 3.10. The van der Waals surface area contributed by atoms with Gasteiger partial charge in [-0.15, -0.1) is 0 Å². The smallest absolute Gasteiger partial charge is 0.257 e. The van der Waals surface area contributed by atoms with E-state index in [2.05, 4.69) is 58.2 Å². The highest BCUT2D eigenvalue weighted by atomic mass is 16.3. The molecule has 0 radical (unpaired) electrons. The third-order valence-electron chi connectivity index (χ3n) is 8.69.